The lowest BCUT2D eigenvalue weighted by molar-refractivity contribution is -0.0211. The molecule has 1 aromatic rings. The van der Waals surface area contributed by atoms with Crippen LogP contribution in [0.25, 0.3) is 0 Å². The number of hydrogen-bond acceptors (Lipinski definition) is 3. The molecule has 0 fully saturated rings. The molecular weight excluding hydrogens is 264 g/mol. The first-order chi connectivity index (χ1) is 10.2. The molecule has 3 heteroatoms. The second-order valence-electron chi connectivity index (χ2n) is 5.04. The number of aliphatic hydroxyl groups is 2. The molecule has 0 aromatic heterocycles. The van der Waals surface area contributed by atoms with E-state index in [0.29, 0.717) is 12.3 Å². The summed E-state index contributed by atoms with van der Waals surface area (Å²) in [5.74, 6) is 0.332. The smallest absolute Gasteiger partial charge is 0.130 e. The molecule has 0 amide bonds. The van der Waals surface area contributed by atoms with Crippen molar-refractivity contribution in [3.8, 4) is 0 Å². The number of ether oxygens (including phenoxy) is 1. The summed E-state index contributed by atoms with van der Waals surface area (Å²) in [6, 6.07) is 9.82. The Kier molecular flexibility index (Phi) is 8.48. The lowest BCUT2D eigenvalue weighted by Crippen LogP contribution is -2.32. The molecule has 1 aromatic carbocycles. The van der Waals surface area contributed by atoms with Gasteiger partial charge in [0.2, 0.25) is 0 Å². The van der Waals surface area contributed by atoms with E-state index in [9.17, 15) is 5.11 Å². The first-order valence-corrected chi connectivity index (χ1v) is 7.49. The Labute approximate surface area is 127 Å². The van der Waals surface area contributed by atoms with E-state index in [0.717, 1.165) is 12.0 Å². The Morgan fingerprint density at radius 1 is 1.19 bits per heavy atom. The molecule has 0 spiro atoms. The fraction of sp³-hybridized carbons (Fsp3) is 0.444. The van der Waals surface area contributed by atoms with Gasteiger partial charge < -0.3 is 14.9 Å². The van der Waals surface area contributed by atoms with Crippen molar-refractivity contribution >= 4 is 0 Å². The Morgan fingerprint density at radius 2 is 1.90 bits per heavy atom. The molecule has 0 saturated heterocycles. The highest BCUT2D eigenvalue weighted by Gasteiger charge is 2.19. The van der Waals surface area contributed by atoms with E-state index in [1.165, 1.54) is 0 Å². The Hall–Kier alpha value is -1.58. The predicted molar refractivity (Wildman–Crippen MR) is 85.8 cm³/mol. The van der Waals surface area contributed by atoms with Gasteiger partial charge in [0.05, 0.1) is 12.9 Å². The third-order valence-electron chi connectivity index (χ3n) is 3.39. The second-order valence-corrected chi connectivity index (χ2v) is 5.04. The Morgan fingerprint density at radius 3 is 2.48 bits per heavy atom. The van der Waals surface area contributed by atoms with Crippen LogP contribution in [0.2, 0.25) is 0 Å². The van der Waals surface area contributed by atoms with Crippen molar-refractivity contribution in [1.29, 1.82) is 0 Å². The molecular formula is C18H26O3. The SMILES string of the molecule is CC=CC(C=COC(Cc1ccccc1)C(O)CO)CC. The van der Waals surface area contributed by atoms with Crippen molar-refractivity contribution in [1.82, 2.24) is 0 Å². The largest absolute Gasteiger partial charge is 0.495 e. The van der Waals surface area contributed by atoms with Gasteiger partial charge in [-0.3, -0.25) is 0 Å². The maximum atomic E-state index is 9.88. The van der Waals surface area contributed by atoms with E-state index >= 15 is 0 Å². The average molecular weight is 290 g/mol. The summed E-state index contributed by atoms with van der Waals surface area (Å²) in [5.41, 5.74) is 1.07. The van der Waals surface area contributed by atoms with Crippen molar-refractivity contribution in [3.63, 3.8) is 0 Å². The van der Waals surface area contributed by atoms with E-state index in [2.05, 4.69) is 13.0 Å². The van der Waals surface area contributed by atoms with Crippen molar-refractivity contribution in [2.75, 3.05) is 6.61 Å². The minimum atomic E-state index is -0.892. The van der Waals surface area contributed by atoms with Gasteiger partial charge in [-0.15, -0.1) is 0 Å². The number of benzene rings is 1. The number of allylic oxidation sites excluding steroid dienone is 3. The van der Waals surface area contributed by atoms with Gasteiger partial charge in [-0.25, -0.2) is 0 Å². The van der Waals surface area contributed by atoms with Gasteiger partial charge in [0.25, 0.3) is 0 Å². The van der Waals surface area contributed by atoms with Gasteiger partial charge in [-0.2, -0.15) is 0 Å². The average Bonchev–Trinajstić information content (AvgIpc) is 2.53. The van der Waals surface area contributed by atoms with E-state index in [1.807, 2.05) is 49.4 Å². The van der Waals surface area contributed by atoms with Gasteiger partial charge in [-0.05, 0) is 30.9 Å². The molecule has 1 rings (SSSR count). The highest BCUT2D eigenvalue weighted by Crippen LogP contribution is 2.12. The Bertz CT molecular complexity index is 425. The highest BCUT2D eigenvalue weighted by molar-refractivity contribution is 5.16. The van der Waals surface area contributed by atoms with Crippen LogP contribution in [-0.4, -0.2) is 29.0 Å². The molecule has 0 radical (unpaired) electrons. The van der Waals surface area contributed by atoms with Crippen LogP contribution in [0.4, 0.5) is 0 Å². The molecule has 0 saturated carbocycles. The van der Waals surface area contributed by atoms with Gasteiger partial charge in [0.1, 0.15) is 12.2 Å². The van der Waals surface area contributed by atoms with Crippen LogP contribution < -0.4 is 0 Å². The molecule has 0 aliphatic rings. The van der Waals surface area contributed by atoms with Crippen molar-refractivity contribution in [3.05, 3.63) is 60.4 Å². The summed E-state index contributed by atoms with van der Waals surface area (Å²) in [6.45, 7) is 3.79. The van der Waals surface area contributed by atoms with Crippen LogP contribution >= 0.6 is 0 Å². The number of hydrogen-bond donors (Lipinski definition) is 2. The first kappa shape index (κ1) is 17.5. The molecule has 0 aliphatic heterocycles. The third-order valence-corrected chi connectivity index (χ3v) is 3.39. The molecule has 116 valence electrons. The molecule has 0 aliphatic carbocycles. The minimum Gasteiger partial charge on any atom is -0.495 e. The summed E-state index contributed by atoms with van der Waals surface area (Å²) >= 11 is 0. The van der Waals surface area contributed by atoms with Crippen LogP contribution in [0.1, 0.15) is 25.8 Å². The normalized spacial score (nSPS) is 16.2. The van der Waals surface area contributed by atoms with Crippen LogP contribution in [0, 0.1) is 5.92 Å². The topological polar surface area (TPSA) is 49.7 Å². The van der Waals surface area contributed by atoms with Crippen LogP contribution in [0.5, 0.6) is 0 Å². The summed E-state index contributed by atoms with van der Waals surface area (Å²) in [4.78, 5) is 0. The zero-order valence-electron chi connectivity index (χ0n) is 12.9. The molecule has 3 unspecified atom stereocenters. The fourth-order valence-corrected chi connectivity index (χ4v) is 2.07. The second kappa shape index (κ2) is 10.2. The van der Waals surface area contributed by atoms with Crippen LogP contribution in [-0.2, 0) is 11.2 Å². The quantitative estimate of drug-likeness (QED) is 0.543. The zero-order chi connectivity index (χ0) is 15.5. The Balaban J connectivity index is 2.64. The van der Waals surface area contributed by atoms with Gasteiger partial charge in [-0.1, -0.05) is 49.4 Å². The van der Waals surface area contributed by atoms with Gasteiger partial charge in [0, 0.05) is 6.42 Å². The molecule has 3 atom stereocenters. The maximum absolute atomic E-state index is 9.88. The van der Waals surface area contributed by atoms with Gasteiger partial charge >= 0.3 is 0 Å². The monoisotopic (exact) mass is 290 g/mol. The number of rotatable bonds is 9. The van der Waals surface area contributed by atoms with Crippen molar-refractivity contribution in [2.45, 2.75) is 38.9 Å². The molecule has 0 heterocycles. The lowest BCUT2D eigenvalue weighted by atomic mass is 10.0. The van der Waals surface area contributed by atoms with Crippen molar-refractivity contribution in [2.24, 2.45) is 5.92 Å². The molecule has 21 heavy (non-hydrogen) atoms. The molecule has 2 N–H and O–H groups in total. The maximum Gasteiger partial charge on any atom is 0.130 e. The third kappa shape index (κ3) is 6.61. The van der Waals surface area contributed by atoms with E-state index in [-0.39, 0.29) is 6.61 Å². The predicted octanol–water partition coefficient (Wildman–Crippen LogP) is 3.08. The van der Waals surface area contributed by atoms with E-state index in [1.54, 1.807) is 6.26 Å². The summed E-state index contributed by atoms with van der Waals surface area (Å²) < 4.78 is 5.65. The number of aliphatic hydroxyl groups excluding tert-OH is 2. The minimum absolute atomic E-state index is 0.308. The molecule has 3 nitrogen and oxygen atoms in total. The standard InChI is InChI=1S/C18H26O3/c1-3-8-15(4-2)11-12-21-18(17(20)14-19)13-16-9-6-5-7-10-16/h3,5-12,15,17-20H,4,13-14H2,1-2H3. The van der Waals surface area contributed by atoms with Crippen LogP contribution in [0.3, 0.4) is 0 Å². The highest BCUT2D eigenvalue weighted by atomic mass is 16.5. The lowest BCUT2D eigenvalue weighted by Gasteiger charge is -2.21. The van der Waals surface area contributed by atoms with E-state index < -0.39 is 12.2 Å². The summed E-state index contributed by atoms with van der Waals surface area (Å²) in [5, 5.41) is 19.0. The zero-order valence-corrected chi connectivity index (χ0v) is 12.9. The van der Waals surface area contributed by atoms with E-state index in [4.69, 9.17) is 9.84 Å². The first-order valence-electron chi connectivity index (χ1n) is 7.49. The summed E-state index contributed by atoms with van der Waals surface area (Å²) in [7, 11) is 0. The van der Waals surface area contributed by atoms with Crippen LogP contribution in [0.15, 0.2) is 54.8 Å². The fourth-order valence-electron chi connectivity index (χ4n) is 2.07. The van der Waals surface area contributed by atoms with Gasteiger partial charge in [0.15, 0.2) is 0 Å². The molecule has 0 bridgehead atoms. The summed E-state index contributed by atoms with van der Waals surface area (Å²) in [6.07, 6.45) is 7.96. The van der Waals surface area contributed by atoms with Crippen molar-refractivity contribution < 1.29 is 14.9 Å².